The number of carbonyl (C=O) groups is 2. The van der Waals surface area contributed by atoms with Crippen LogP contribution in [0.25, 0.3) is 6.08 Å². The lowest BCUT2D eigenvalue weighted by atomic mass is 10.2. The summed E-state index contributed by atoms with van der Waals surface area (Å²) in [6.45, 7) is 1.25. The Kier molecular flexibility index (Phi) is 4.99. The monoisotopic (exact) mass is 338 g/mol. The first-order valence-corrected chi connectivity index (χ1v) is 7.90. The average Bonchev–Trinajstić information content (AvgIpc) is 2.85. The molecule has 2 amide bonds. The van der Waals surface area contributed by atoms with Gasteiger partial charge in [-0.2, -0.15) is 0 Å². The zero-order valence-electron chi connectivity index (χ0n) is 13.5. The molecule has 0 fully saturated rings. The Morgan fingerprint density at radius 1 is 1.00 bits per heavy atom. The molecule has 128 valence electrons. The maximum atomic E-state index is 12.0. The Morgan fingerprint density at radius 3 is 2.44 bits per heavy atom. The summed E-state index contributed by atoms with van der Waals surface area (Å²) in [5.74, 6) is 0.613. The third-order valence-corrected chi connectivity index (χ3v) is 3.64. The largest absolute Gasteiger partial charge is 0.490 e. The topological polar surface area (TPSA) is 90.7 Å². The van der Waals surface area contributed by atoms with Crippen molar-refractivity contribution in [2.45, 2.75) is 6.42 Å². The van der Waals surface area contributed by atoms with Crippen LogP contribution in [0, 0.1) is 0 Å². The van der Waals surface area contributed by atoms with E-state index in [2.05, 4.69) is 5.32 Å². The number of rotatable bonds is 4. The first kappa shape index (κ1) is 16.6. The van der Waals surface area contributed by atoms with Crippen molar-refractivity contribution >= 4 is 23.6 Å². The van der Waals surface area contributed by atoms with Crippen LogP contribution in [0.1, 0.15) is 22.3 Å². The molecular weight excluding hydrogens is 320 g/mol. The van der Waals surface area contributed by atoms with E-state index in [1.807, 2.05) is 18.2 Å². The molecule has 6 nitrogen and oxygen atoms in total. The van der Waals surface area contributed by atoms with Crippen LogP contribution in [-0.4, -0.2) is 25.0 Å². The van der Waals surface area contributed by atoms with Gasteiger partial charge in [-0.1, -0.05) is 6.07 Å². The molecule has 6 heteroatoms. The molecule has 0 aromatic heterocycles. The first-order chi connectivity index (χ1) is 12.1. The Balaban J connectivity index is 1.64. The van der Waals surface area contributed by atoms with E-state index in [0.29, 0.717) is 36.0 Å². The SMILES string of the molecule is NC(=O)c1ccc(NC(=O)/C=C/c2ccc3c(c2)OCCCO3)cc1. The Labute approximate surface area is 145 Å². The van der Waals surface area contributed by atoms with Crippen LogP contribution in [0.3, 0.4) is 0 Å². The average molecular weight is 338 g/mol. The van der Waals surface area contributed by atoms with Crippen LogP contribution < -0.4 is 20.5 Å². The lowest BCUT2D eigenvalue weighted by Crippen LogP contribution is -2.11. The molecule has 2 aromatic rings. The quantitative estimate of drug-likeness (QED) is 0.839. The number of anilines is 1. The highest BCUT2D eigenvalue weighted by Crippen LogP contribution is 2.30. The van der Waals surface area contributed by atoms with Crippen molar-refractivity contribution in [1.29, 1.82) is 0 Å². The molecule has 25 heavy (non-hydrogen) atoms. The highest BCUT2D eigenvalue weighted by Gasteiger charge is 2.09. The van der Waals surface area contributed by atoms with E-state index in [0.717, 1.165) is 12.0 Å². The van der Waals surface area contributed by atoms with Crippen LogP contribution in [0.2, 0.25) is 0 Å². The van der Waals surface area contributed by atoms with Crippen LogP contribution >= 0.6 is 0 Å². The smallest absolute Gasteiger partial charge is 0.248 e. The summed E-state index contributed by atoms with van der Waals surface area (Å²) in [4.78, 5) is 23.0. The molecule has 0 aliphatic carbocycles. The molecular formula is C19H18N2O4. The minimum absolute atomic E-state index is 0.279. The maximum absolute atomic E-state index is 12.0. The van der Waals surface area contributed by atoms with E-state index in [9.17, 15) is 9.59 Å². The van der Waals surface area contributed by atoms with Gasteiger partial charge in [-0.3, -0.25) is 9.59 Å². The molecule has 2 aromatic carbocycles. The van der Waals surface area contributed by atoms with Crippen LogP contribution in [0.4, 0.5) is 5.69 Å². The van der Waals surface area contributed by atoms with Gasteiger partial charge in [0, 0.05) is 23.7 Å². The fraction of sp³-hybridized carbons (Fsp3) is 0.158. The van der Waals surface area contributed by atoms with Gasteiger partial charge in [0.25, 0.3) is 0 Å². The second kappa shape index (κ2) is 7.53. The van der Waals surface area contributed by atoms with Crippen LogP contribution in [0.5, 0.6) is 11.5 Å². The molecule has 0 saturated heterocycles. The van der Waals surface area contributed by atoms with Gasteiger partial charge in [-0.05, 0) is 48.0 Å². The van der Waals surface area contributed by atoms with Gasteiger partial charge in [0.2, 0.25) is 11.8 Å². The number of nitrogens with one attached hydrogen (secondary N) is 1. The van der Waals surface area contributed by atoms with Crippen LogP contribution in [-0.2, 0) is 4.79 Å². The molecule has 0 radical (unpaired) electrons. The van der Waals surface area contributed by atoms with Gasteiger partial charge in [0.1, 0.15) is 0 Å². The summed E-state index contributed by atoms with van der Waals surface area (Å²) >= 11 is 0. The lowest BCUT2D eigenvalue weighted by Gasteiger charge is -2.07. The number of fused-ring (bicyclic) bond motifs is 1. The van der Waals surface area contributed by atoms with Gasteiger partial charge in [0.15, 0.2) is 11.5 Å². The number of amides is 2. The minimum Gasteiger partial charge on any atom is -0.490 e. The maximum Gasteiger partial charge on any atom is 0.248 e. The Bertz CT molecular complexity index is 813. The predicted molar refractivity (Wildman–Crippen MR) is 94.7 cm³/mol. The molecule has 3 rings (SSSR count). The number of benzene rings is 2. The highest BCUT2D eigenvalue weighted by atomic mass is 16.5. The summed E-state index contributed by atoms with van der Waals surface area (Å²) in [6.07, 6.45) is 3.97. The van der Waals surface area contributed by atoms with E-state index in [4.69, 9.17) is 15.2 Å². The molecule has 0 atom stereocenters. The third-order valence-electron chi connectivity index (χ3n) is 3.64. The van der Waals surface area contributed by atoms with E-state index in [-0.39, 0.29) is 5.91 Å². The van der Waals surface area contributed by atoms with E-state index in [1.54, 1.807) is 30.3 Å². The molecule has 0 unspecified atom stereocenters. The number of hydrogen-bond acceptors (Lipinski definition) is 4. The Morgan fingerprint density at radius 2 is 1.72 bits per heavy atom. The molecule has 0 spiro atoms. The van der Waals surface area contributed by atoms with Crippen molar-refractivity contribution in [3.05, 3.63) is 59.7 Å². The Hall–Kier alpha value is -3.28. The second-order valence-corrected chi connectivity index (χ2v) is 5.52. The fourth-order valence-corrected chi connectivity index (χ4v) is 2.36. The van der Waals surface area contributed by atoms with Crippen molar-refractivity contribution < 1.29 is 19.1 Å². The molecule has 0 saturated carbocycles. The van der Waals surface area contributed by atoms with E-state index >= 15 is 0 Å². The molecule has 3 N–H and O–H groups in total. The van der Waals surface area contributed by atoms with Gasteiger partial charge in [0.05, 0.1) is 13.2 Å². The van der Waals surface area contributed by atoms with Gasteiger partial charge in [-0.15, -0.1) is 0 Å². The normalized spacial score (nSPS) is 13.3. The van der Waals surface area contributed by atoms with Crippen molar-refractivity contribution in [1.82, 2.24) is 0 Å². The third kappa shape index (κ3) is 4.38. The summed E-state index contributed by atoms with van der Waals surface area (Å²) in [5, 5.41) is 2.72. The zero-order chi connectivity index (χ0) is 17.6. The predicted octanol–water partition coefficient (Wildman–Crippen LogP) is 2.60. The van der Waals surface area contributed by atoms with E-state index < -0.39 is 5.91 Å². The summed E-state index contributed by atoms with van der Waals surface area (Å²) in [6, 6.07) is 11.9. The highest BCUT2D eigenvalue weighted by molar-refractivity contribution is 6.02. The minimum atomic E-state index is -0.507. The number of ether oxygens (including phenoxy) is 2. The number of nitrogens with two attached hydrogens (primary N) is 1. The van der Waals surface area contributed by atoms with Crippen LogP contribution in [0.15, 0.2) is 48.5 Å². The summed E-state index contributed by atoms with van der Waals surface area (Å²) in [7, 11) is 0. The first-order valence-electron chi connectivity index (χ1n) is 7.90. The molecule has 1 aliphatic rings. The number of primary amides is 1. The second-order valence-electron chi connectivity index (χ2n) is 5.52. The lowest BCUT2D eigenvalue weighted by molar-refractivity contribution is -0.111. The summed E-state index contributed by atoms with van der Waals surface area (Å²) in [5.41, 5.74) is 6.99. The fourth-order valence-electron chi connectivity index (χ4n) is 2.36. The zero-order valence-corrected chi connectivity index (χ0v) is 13.5. The van der Waals surface area contributed by atoms with Crippen molar-refractivity contribution in [3.8, 4) is 11.5 Å². The van der Waals surface area contributed by atoms with Gasteiger partial charge in [-0.25, -0.2) is 0 Å². The van der Waals surface area contributed by atoms with Gasteiger partial charge < -0.3 is 20.5 Å². The number of hydrogen-bond donors (Lipinski definition) is 2. The molecule has 1 aliphatic heterocycles. The van der Waals surface area contributed by atoms with Gasteiger partial charge >= 0.3 is 0 Å². The van der Waals surface area contributed by atoms with Crippen molar-refractivity contribution in [3.63, 3.8) is 0 Å². The number of carbonyl (C=O) groups excluding carboxylic acids is 2. The van der Waals surface area contributed by atoms with Crippen molar-refractivity contribution in [2.75, 3.05) is 18.5 Å². The van der Waals surface area contributed by atoms with Crippen molar-refractivity contribution in [2.24, 2.45) is 5.73 Å². The molecule has 1 heterocycles. The molecule has 0 bridgehead atoms. The standard InChI is InChI=1S/C19H18N2O4/c20-19(23)14-4-6-15(7-5-14)21-18(22)9-3-13-2-8-16-17(12-13)25-11-1-10-24-16/h2-9,12H,1,10-11H2,(H2,20,23)(H,21,22)/b9-3+. The summed E-state index contributed by atoms with van der Waals surface area (Å²) < 4.78 is 11.2. The van der Waals surface area contributed by atoms with E-state index in [1.165, 1.54) is 6.08 Å².